The molecule has 1 saturated carbocycles. The van der Waals surface area contributed by atoms with Crippen LogP contribution in [0.2, 0.25) is 0 Å². The molecule has 0 heterocycles. The molecule has 4 atom stereocenters. The van der Waals surface area contributed by atoms with Crippen LogP contribution in [0.4, 0.5) is 0 Å². The first-order valence-electron chi connectivity index (χ1n) is 7.39. The molecule has 0 bridgehead atoms. The number of benzene rings is 1. The lowest BCUT2D eigenvalue weighted by molar-refractivity contribution is 0.216. The van der Waals surface area contributed by atoms with Crippen molar-refractivity contribution in [2.75, 3.05) is 0 Å². The number of hydrogen-bond acceptors (Lipinski definition) is 1. The second kappa shape index (κ2) is 5.88. The monoisotopic (exact) mass is 245 g/mol. The van der Waals surface area contributed by atoms with Crippen molar-refractivity contribution < 1.29 is 0 Å². The molecule has 18 heavy (non-hydrogen) atoms. The van der Waals surface area contributed by atoms with Gasteiger partial charge in [0.25, 0.3) is 0 Å². The van der Waals surface area contributed by atoms with Gasteiger partial charge < -0.3 is 5.32 Å². The van der Waals surface area contributed by atoms with E-state index in [9.17, 15) is 0 Å². The van der Waals surface area contributed by atoms with Gasteiger partial charge in [0.1, 0.15) is 0 Å². The molecule has 1 nitrogen and oxygen atoms in total. The van der Waals surface area contributed by atoms with Gasteiger partial charge in [-0.05, 0) is 49.7 Å². The second-order valence-electron chi connectivity index (χ2n) is 6.25. The standard InChI is InChI=1S/C17H27N/c1-12-9-10-14(3)17(11-12)18-15(4)16-8-6-5-7-13(16)2/h5-8,12,14-15,17-18H,9-11H2,1-4H3/t12?,14?,15-,17?/m0/s1. The van der Waals surface area contributed by atoms with Crippen LogP contribution in [0.3, 0.4) is 0 Å². The minimum absolute atomic E-state index is 0.462. The number of rotatable bonds is 3. The van der Waals surface area contributed by atoms with Crippen molar-refractivity contribution in [1.82, 2.24) is 5.32 Å². The Morgan fingerprint density at radius 1 is 1.17 bits per heavy atom. The molecule has 1 fully saturated rings. The number of aryl methyl sites for hydroxylation is 1. The van der Waals surface area contributed by atoms with Crippen LogP contribution in [0.25, 0.3) is 0 Å². The first-order chi connectivity index (χ1) is 8.58. The third kappa shape index (κ3) is 3.14. The third-order valence-electron chi connectivity index (χ3n) is 4.58. The van der Waals surface area contributed by atoms with E-state index in [4.69, 9.17) is 0 Å². The van der Waals surface area contributed by atoms with E-state index in [1.54, 1.807) is 0 Å². The molecular weight excluding hydrogens is 218 g/mol. The minimum atomic E-state index is 0.462. The van der Waals surface area contributed by atoms with Gasteiger partial charge in [-0.2, -0.15) is 0 Å². The van der Waals surface area contributed by atoms with E-state index in [2.05, 4.69) is 57.3 Å². The van der Waals surface area contributed by atoms with Gasteiger partial charge in [0.15, 0.2) is 0 Å². The maximum absolute atomic E-state index is 3.86. The van der Waals surface area contributed by atoms with E-state index in [1.807, 2.05) is 0 Å². The largest absolute Gasteiger partial charge is 0.307 e. The molecule has 1 N–H and O–H groups in total. The topological polar surface area (TPSA) is 12.0 Å². The summed E-state index contributed by atoms with van der Waals surface area (Å²) in [5.41, 5.74) is 2.84. The Morgan fingerprint density at radius 2 is 1.89 bits per heavy atom. The van der Waals surface area contributed by atoms with Crippen molar-refractivity contribution in [3.63, 3.8) is 0 Å². The highest BCUT2D eigenvalue weighted by atomic mass is 15.0. The third-order valence-corrected chi connectivity index (χ3v) is 4.58. The number of hydrogen-bond donors (Lipinski definition) is 1. The highest BCUT2D eigenvalue weighted by Crippen LogP contribution is 2.30. The average Bonchev–Trinajstić information content (AvgIpc) is 2.34. The molecule has 0 amide bonds. The maximum Gasteiger partial charge on any atom is 0.0297 e. The van der Waals surface area contributed by atoms with Crippen LogP contribution in [0.15, 0.2) is 24.3 Å². The van der Waals surface area contributed by atoms with Gasteiger partial charge in [-0.1, -0.05) is 44.5 Å². The molecule has 1 aromatic carbocycles. The average molecular weight is 245 g/mol. The molecule has 1 aliphatic carbocycles. The molecule has 100 valence electrons. The lowest BCUT2D eigenvalue weighted by Crippen LogP contribution is -2.40. The summed E-state index contributed by atoms with van der Waals surface area (Å²) in [6.45, 7) is 9.29. The van der Waals surface area contributed by atoms with Crippen molar-refractivity contribution in [2.24, 2.45) is 11.8 Å². The first-order valence-corrected chi connectivity index (χ1v) is 7.39. The van der Waals surface area contributed by atoms with Gasteiger partial charge in [-0.3, -0.25) is 0 Å². The van der Waals surface area contributed by atoms with Crippen molar-refractivity contribution in [3.05, 3.63) is 35.4 Å². The van der Waals surface area contributed by atoms with E-state index in [0.717, 1.165) is 11.8 Å². The summed E-state index contributed by atoms with van der Waals surface area (Å²) >= 11 is 0. The maximum atomic E-state index is 3.86. The zero-order valence-corrected chi connectivity index (χ0v) is 12.2. The quantitative estimate of drug-likeness (QED) is 0.828. The molecule has 0 spiro atoms. The van der Waals surface area contributed by atoms with E-state index >= 15 is 0 Å². The predicted octanol–water partition coefficient (Wildman–Crippen LogP) is 4.47. The number of nitrogens with one attached hydrogen (secondary N) is 1. The van der Waals surface area contributed by atoms with Crippen LogP contribution in [0, 0.1) is 18.8 Å². The van der Waals surface area contributed by atoms with E-state index in [0.29, 0.717) is 12.1 Å². The van der Waals surface area contributed by atoms with Crippen molar-refractivity contribution in [1.29, 1.82) is 0 Å². The Bertz CT molecular complexity index is 385. The molecule has 3 unspecified atom stereocenters. The predicted molar refractivity (Wildman–Crippen MR) is 78.7 cm³/mol. The summed E-state index contributed by atoms with van der Waals surface area (Å²) in [7, 11) is 0. The van der Waals surface area contributed by atoms with Crippen molar-refractivity contribution >= 4 is 0 Å². The van der Waals surface area contributed by atoms with Crippen LogP contribution in [-0.2, 0) is 0 Å². The fourth-order valence-electron chi connectivity index (χ4n) is 3.25. The van der Waals surface area contributed by atoms with Gasteiger partial charge in [0, 0.05) is 12.1 Å². The van der Waals surface area contributed by atoms with Crippen molar-refractivity contribution in [3.8, 4) is 0 Å². The van der Waals surface area contributed by atoms with Crippen LogP contribution in [0.1, 0.15) is 57.2 Å². The van der Waals surface area contributed by atoms with Crippen molar-refractivity contribution in [2.45, 2.75) is 59.0 Å². The zero-order valence-electron chi connectivity index (χ0n) is 12.2. The summed E-state index contributed by atoms with van der Waals surface area (Å²) in [5.74, 6) is 1.69. The zero-order chi connectivity index (χ0) is 13.1. The molecule has 1 aromatic rings. The minimum Gasteiger partial charge on any atom is -0.307 e. The molecule has 0 aliphatic heterocycles. The van der Waals surface area contributed by atoms with Gasteiger partial charge in [0.05, 0.1) is 0 Å². The smallest absolute Gasteiger partial charge is 0.0297 e. The van der Waals surface area contributed by atoms with Crippen LogP contribution in [0.5, 0.6) is 0 Å². The summed E-state index contributed by atoms with van der Waals surface area (Å²) < 4.78 is 0. The molecular formula is C17H27N. The SMILES string of the molecule is Cc1ccccc1[C@H](C)NC1CC(C)CCC1C. The summed E-state index contributed by atoms with van der Waals surface area (Å²) in [5, 5.41) is 3.86. The van der Waals surface area contributed by atoms with Gasteiger partial charge in [-0.25, -0.2) is 0 Å². The Kier molecular flexibility index (Phi) is 4.45. The Hall–Kier alpha value is -0.820. The molecule has 1 heteroatoms. The van der Waals surface area contributed by atoms with Crippen LogP contribution in [-0.4, -0.2) is 6.04 Å². The second-order valence-corrected chi connectivity index (χ2v) is 6.25. The highest BCUT2D eigenvalue weighted by molar-refractivity contribution is 5.28. The summed E-state index contributed by atoms with van der Waals surface area (Å²) in [6, 6.07) is 9.88. The lowest BCUT2D eigenvalue weighted by atomic mass is 9.79. The van der Waals surface area contributed by atoms with Gasteiger partial charge in [-0.15, -0.1) is 0 Å². The van der Waals surface area contributed by atoms with Crippen LogP contribution < -0.4 is 5.32 Å². The Balaban J connectivity index is 2.02. The van der Waals surface area contributed by atoms with E-state index in [1.165, 1.54) is 30.4 Å². The fourth-order valence-corrected chi connectivity index (χ4v) is 3.25. The molecule has 1 aliphatic rings. The summed E-state index contributed by atoms with van der Waals surface area (Å²) in [6.07, 6.45) is 4.11. The Morgan fingerprint density at radius 3 is 2.61 bits per heavy atom. The lowest BCUT2D eigenvalue weighted by Gasteiger charge is -2.35. The van der Waals surface area contributed by atoms with E-state index in [-0.39, 0.29) is 0 Å². The van der Waals surface area contributed by atoms with Gasteiger partial charge >= 0.3 is 0 Å². The Labute approximate surface area is 112 Å². The molecule has 0 radical (unpaired) electrons. The normalized spacial score (nSPS) is 30.1. The molecule has 0 aromatic heterocycles. The highest BCUT2D eigenvalue weighted by Gasteiger charge is 2.26. The molecule has 2 rings (SSSR count). The molecule has 0 saturated heterocycles. The first kappa shape index (κ1) is 13.6. The van der Waals surface area contributed by atoms with Crippen LogP contribution >= 0.6 is 0 Å². The fraction of sp³-hybridized carbons (Fsp3) is 0.647. The summed E-state index contributed by atoms with van der Waals surface area (Å²) in [4.78, 5) is 0. The van der Waals surface area contributed by atoms with Gasteiger partial charge in [0.2, 0.25) is 0 Å². The van der Waals surface area contributed by atoms with E-state index < -0.39 is 0 Å².